The second kappa shape index (κ2) is 7.09. The number of nitrogens with zero attached hydrogens (tertiary/aromatic N) is 2. The Balaban J connectivity index is 4.47. The van der Waals surface area contributed by atoms with Gasteiger partial charge in [-0.15, -0.1) is 0 Å². The van der Waals surface area contributed by atoms with Crippen LogP contribution < -0.4 is 5.73 Å². The van der Waals surface area contributed by atoms with Crippen LogP contribution in [0.4, 0.5) is 0 Å². The van der Waals surface area contributed by atoms with Gasteiger partial charge in [-0.1, -0.05) is 19.0 Å². The number of hydrogen-bond donors (Lipinski definition) is 2. The standard InChI is InChI=1S/C10H21N3O2/c1-4-6-13(7-5-2)10(14)8(3)9(11)12-15/h8,15H,4-7H2,1-3H3,(H2,11,12). The molecule has 0 fully saturated rings. The number of hydrogen-bond acceptors (Lipinski definition) is 3. The lowest BCUT2D eigenvalue weighted by Gasteiger charge is -2.24. The summed E-state index contributed by atoms with van der Waals surface area (Å²) in [6, 6.07) is 0. The van der Waals surface area contributed by atoms with Gasteiger partial charge in [0.05, 0.1) is 5.92 Å². The molecule has 0 spiro atoms. The SMILES string of the molecule is CCCN(CCC)C(=O)C(C)C(N)=NO. The van der Waals surface area contributed by atoms with Gasteiger partial charge in [-0.25, -0.2) is 0 Å². The van der Waals surface area contributed by atoms with Crippen molar-refractivity contribution in [1.82, 2.24) is 4.90 Å². The normalized spacial score (nSPS) is 13.7. The lowest BCUT2D eigenvalue weighted by Crippen LogP contribution is -2.41. The molecule has 5 heteroatoms. The van der Waals surface area contributed by atoms with E-state index in [0.29, 0.717) is 0 Å². The highest BCUT2D eigenvalue weighted by atomic mass is 16.4. The van der Waals surface area contributed by atoms with Crippen molar-refractivity contribution >= 4 is 11.7 Å². The van der Waals surface area contributed by atoms with Crippen molar-refractivity contribution in [2.75, 3.05) is 13.1 Å². The number of amides is 1. The molecule has 0 aliphatic carbocycles. The highest BCUT2D eigenvalue weighted by molar-refractivity contribution is 6.01. The van der Waals surface area contributed by atoms with E-state index in [0.717, 1.165) is 25.9 Å². The average molecular weight is 215 g/mol. The molecule has 0 aliphatic heterocycles. The first-order chi connectivity index (χ1) is 7.08. The summed E-state index contributed by atoms with van der Waals surface area (Å²) in [5, 5.41) is 11.3. The first kappa shape index (κ1) is 13.7. The zero-order valence-corrected chi connectivity index (χ0v) is 9.73. The summed E-state index contributed by atoms with van der Waals surface area (Å²) in [7, 11) is 0. The molecule has 3 N–H and O–H groups in total. The van der Waals surface area contributed by atoms with Crippen LogP contribution in [0.1, 0.15) is 33.6 Å². The van der Waals surface area contributed by atoms with Gasteiger partial charge in [0.25, 0.3) is 0 Å². The van der Waals surface area contributed by atoms with E-state index < -0.39 is 5.92 Å². The van der Waals surface area contributed by atoms with Gasteiger partial charge in [0.15, 0.2) is 5.84 Å². The van der Waals surface area contributed by atoms with Gasteiger partial charge in [-0.05, 0) is 19.8 Å². The third-order valence-electron chi connectivity index (χ3n) is 2.23. The van der Waals surface area contributed by atoms with Gasteiger partial charge in [0, 0.05) is 13.1 Å². The maximum atomic E-state index is 11.9. The predicted octanol–water partition coefficient (Wildman–Crippen LogP) is 1.02. The largest absolute Gasteiger partial charge is 0.409 e. The molecule has 0 rings (SSSR count). The molecule has 0 aromatic rings. The first-order valence-electron chi connectivity index (χ1n) is 5.34. The highest BCUT2D eigenvalue weighted by Crippen LogP contribution is 2.05. The number of rotatable bonds is 6. The van der Waals surface area contributed by atoms with Crippen LogP contribution in [0.5, 0.6) is 0 Å². The Morgan fingerprint density at radius 2 is 1.87 bits per heavy atom. The van der Waals surface area contributed by atoms with Crippen LogP contribution in [0.2, 0.25) is 0 Å². The molecular weight excluding hydrogens is 194 g/mol. The number of nitrogens with two attached hydrogens (primary N) is 1. The molecule has 0 radical (unpaired) electrons. The van der Waals surface area contributed by atoms with Gasteiger partial charge < -0.3 is 15.8 Å². The lowest BCUT2D eigenvalue weighted by atomic mass is 10.1. The van der Waals surface area contributed by atoms with E-state index in [2.05, 4.69) is 5.16 Å². The Morgan fingerprint density at radius 3 is 2.20 bits per heavy atom. The van der Waals surface area contributed by atoms with Crippen molar-refractivity contribution in [1.29, 1.82) is 0 Å². The van der Waals surface area contributed by atoms with Gasteiger partial charge in [-0.3, -0.25) is 4.79 Å². The smallest absolute Gasteiger partial charge is 0.233 e. The van der Waals surface area contributed by atoms with Crippen LogP contribution in [0.15, 0.2) is 5.16 Å². The summed E-state index contributed by atoms with van der Waals surface area (Å²) in [4.78, 5) is 13.6. The Hall–Kier alpha value is -1.26. The number of amidine groups is 1. The van der Waals surface area contributed by atoms with E-state index in [1.165, 1.54) is 0 Å². The molecule has 1 amide bonds. The quantitative estimate of drug-likeness (QED) is 0.300. The average Bonchev–Trinajstić information content (AvgIpc) is 2.25. The Labute approximate surface area is 90.9 Å². The molecule has 0 saturated heterocycles. The van der Waals surface area contributed by atoms with Crippen LogP contribution in [-0.4, -0.2) is 34.9 Å². The Bertz CT molecular complexity index is 223. The summed E-state index contributed by atoms with van der Waals surface area (Å²) >= 11 is 0. The van der Waals surface area contributed by atoms with Crippen LogP contribution in [0.3, 0.4) is 0 Å². The second-order valence-electron chi connectivity index (χ2n) is 3.57. The Morgan fingerprint density at radius 1 is 1.40 bits per heavy atom. The molecule has 0 aromatic carbocycles. The topological polar surface area (TPSA) is 78.9 Å². The third kappa shape index (κ3) is 4.18. The lowest BCUT2D eigenvalue weighted by molar-refractivity contribution is -0.133. The first-order valence-corrected chi connectivity index (χ1v) is 5.34. The van der Waals surface area contributed by atoms with Gasteiger partial charge in [0.2, 0.25) is 5.91 Å². The van der Waals surface area contributed by atoms with Gasteiger partial charge >= 0.3 is 0 Å². The summed E-state index contributed by atoms with van der Waals surface area (Å²) in [5.41, 5.74) is 5.40. The molecule has 0 aliphatic rings. The van der Waals surface area contributed by atoms with Crippen molar-refractivity contribution in [3.63, 3.8) is 0 Å². The van der Waals surface area contributed by atoms with Crippen LogP contribution in [0.25, 0.3) is 0 Å². The van der Waals surface area contributed by atoms with Crippen molar-refractivity contribution in [2.45, 2.75) is 33.6 Å². The fourth-order valence-corrected chi connectivity index (χ4v) is 1.36. The number of carbonyl (C=O) groups excluding carboxylic acids is 1. The van der Waals surface area contributed by atoms with Gasteiger partial charge in [-0.2, -0.15) is 0 Å². The van der Waals surface area contributed by atoms with E-state index >= 15 is 0 Å². The summed E-state index contributed by atoms with van der Waals surface area (Å²) in [6.45, 7) is 7.12. The molecule has 15 heavy (non-hydrogen) atoms. The maximum absolute atomic E-state index is 11.9. The molecule has 88 valence electrons. The van der Waals surface area contributed by atoms with Crippen molar-refractivity contribution in [3.8, 4) is 0 Å². The maximum Gasteiger partial charge on any atom is 0.233 e. The van der Waals surface area contributed by atoms with Crippen molar-refractivity contribution in [2.24, 2.45) is 16.8 Å². The predicted molar refractivity (Wildman–Crippen MR) is 59.7 cm³/mol. The molecule has 1 atom stereocenters. The minimum absolute atomic E-state index is 0.0304. The van der Waals surface area contributed by atoms with Crippen molar-refractivity contribution < 1.29 is 10.0 Å². The summed E-state index contributed by atoms with van der Waals surface area (Å²) < 4.78 is 0. The second-order valence-corrected chi connectivity index (χ2v) is 3.57. The molecule has 0 bridgehead atoms. The fourth-order valence-electron chi connectivity index (χ4n) is 1.36. The minimum atomic E-state index is -0.548. The minimum Gasteiger partial charge on any atom is -0.409 e. The summed E-state index contributed by atoms with van der Waals surface area (Å²) in [6.07, 6.45) is 1.82. The zero-order valence-electron chi connectivity index (χ0n) is 9.73. The van der Waals surface area contributed by atoms with Gasteiger partial charge in [0.1, 0.15) is 0 Å². The van der Waals surface area contributed by atoms with E-state index in [-0.39, 0.29) is 11.7 Å². The van der Waals surface area contributed by atoms with E-state index in [1.54, 1.807) is 11.8 Å². The molecule has 0 heterocycles. The van der Waals surface area contributed by atoms with Crippen LogP contribution in [-0.2, 0) is 4.79 Å². The molecule has 5 nitrogen and oxygen atoms in total. The highest BCUT2D eigenvalue weighted by Gasteiger charge is 2.22. The van der Waals surface area contributed by atoms with Crippen LogP contribution >= 0.6 is 0 Å². The van der Waals surface area contributed by atoms with E-state index in [9.17, 15) is 4.79 Å². The number of oxime groups is 1. The fraction of sp³-hybridized carbons (Fsp3) is 0.800. The Kier molecular flexibility index (Phi) is 6.49. The van der Waals surface area contributed by atoms with E-state index in [1.807, 2.05) is 13.8 Å². The zero-order chi connectivity index (χ0) is 11.8. The van der Waals surface area contributed by atoms with Crippen LogP contribution in [0, 0.1) is 5.92 Å². The number of carbonyl (C=O) groups is 1. The monoisotopic (exact) mass is 215 g/mol. The molecule has 0 aromatic heterocycles. The molecule has 0 saturated carbocycles. The third-order valence-corrected chi connectivity index (χ3v) is 2.23. The van der Waals surface area contributed by atoms with Crippen molar-refractivity contribution in [3.05, 3.63) is 0 Å². The molecule has 1 unspecified atom stereocenters. The molecular formula is C10H21N3O2. The van der Waals surface area contributed by atoms with E-state index in [4.69, 9.17) is 10.9 Å². The summed E-state index contributed by atoms with van der Waals surface area (Å²) in [5.74, 6) is -0.653.